The zero-order valence-electron chi connectivity index (χ0n) is 11.0. The summed E-state index contributed by atoms with van der Waals surface area (Å²) in [5, 5.41) is 0.543. The average Bonchev–Trinajstić information content (AvgIpc) is 2.96. The second-order valence-corrected chi connectivity index (χ2v) is 6.20. The van der Waals surface area contributed by atoms with Gasteiger partial charge in [-0.1, -0.05) is 28.8 Å². The smallest absolute Gasteiger partial charge is 0.261 e. The Labute approximate surface area is 125 Å². The Morgan fingerprint density at radius 3 is 2.85 bits per heavy atom. The Hall–Kier alpha value is -1.49. The number of halogens is 1. The van der Waals surface area contributed by atoms with Crippen molar-refractivity contribution >= 4 is 32.6 Å². The number of nitrogens with zero attached hydrogens (tertiary/aromatic N) is 2. The Kier molecular flexibility index (Phi) is 3.70. The summed E-state index contributed by atoms with van der Waals surface area (Å²) < 4.78 is 2.26. The van der Waals surface area contributed by atoms with Crippen molar-refractivity contribution in [1.29, 1.82) is 0 Å². The minimum Gasteiger partial charge on any atom is -0.297 e. The summed E-state index contributed by atoms with van der Waals surface area (Å²) >= 11 is 3.35. The van der Waals surface area contributed by atoms with Crippen LogP contribution in [0.5, 0.6) is 0 Å². The Morgan fingerprint density at radius 2 is 2.10 bits per heavy atom. The molecule has 1 heterocycles. The highest BCUT2D eigenvalue weighted by Crippen LogP contribution is 2.25. The number of fused-ring (bicyclic) bond motifs is 1. The van der Waals surface area contributed by atoms with Crippen molar-refractivity contribution in [1.82, 2.24) is 9.55 Å². The molecule has 0 N–H and O–H groups in total. The van der Waals surface area contributed by atoms with Gasteiger partial charge in [-0.3, -0.25) is 14.2 Å². The molecule has 0 unspecified atom stereocenters. The Bertz CT molecular complexity index is 717. The van der Waals surface area contributed by atoms with Crippen LogP contribution in [0.25, 0.3) is 10.9 Å². The van der Waals surface area contributed by atoms with Crippen molar-refractivity contribution in [3.63, 3.8) is 0 Å². The lowest BCUT2D eigenvalue weighted by atomic mass is 10.0. The van der Waals surface area contributed by atoms with E-state index in [0.29, 0.717) is 10.9 Å². The van der Waals surface area contributed by atoms with E-state index in [1.54, 1.807) is 12.1 Å². The van der Waals surface area contributed by atoms with Crippen LogP contribution >= 0.6 is 15.9 Å². The molecule has 0 aliphatic heterocycles. The highest BCUT2D eigenvalue weighted by molar-refractivity contribution is 9.10. The molecule has 0 amide bonds. The summed E-state index contributed by atoms with van der Waals surface area (Å²) in [6.45, 7) is 0.138. The van der Waals surface area contributed by atoms with E-state index in [2.05, 4.69) is 20.9 Å². The number of hydrogen-bond acceptors (Lipinski definition) is 3. The van der Waals surface area contributed by atoms with Crippen molar-refractivity contribution in [3.05, 3.63) is 39.4 Å². The predicted octanol–water partition coefficient (Wildman–Crippen LogP) is 2.92. The van der Waals surface area contributed by atoms with Crippen molar-refractivity contribution in [2.75, 3.05) is 0 Å². The first-order valence-electron chi connectivity index (χ1n) is 6.82. The maximum absolute atomic E-state index is 12.4. The molecule has 0 saturated heterocycles. The third-order valence-electron chi connectivity index (χ3n) is 3.92. The number of aromatic nitrogens is 2. The standard InChI is InChI=1S/C15H15BrN2O2/c16-11-5-6-13-12(7-11)15(20)18(9-17-13)8-14(19)10-3-1-2-4-10/h5-7,9-10H,1-4,8H2. The Morgan fingerprint density at radius 1 is 1.35 bits per heavy atom. The van der Waals surface area contributed by atoms with E-state index in [-0.39, 0.29) is 23.8 Å². The number of hydrogen-bond donors (Lipinski definition) is 0. The predicted molar refractivity (Wildman–Crippen MR) is 80.7 cm³/mol. The van der Waals surface area contributed by atoms with Crippen molar-refractivity contribution < 1.29 is 4.79 Å². The summed E-state index contributed by atoms with van der Waals surface area (Å²) in [7, 11) is 0. The van der Waals surface area contributed by atoms with Gasteiger partial charge in [0, 0.05) is 10.4 Å². The molecule has 104 valence electrons. The van der Waals surface area contributed by atoms with E-state index in [1.807, 2.05) is 6.07 Å². The second-order valence-electron chi connectivity index (χ2n) is 5.29. The molecule has 2 aromatic rings. The molecule has 4 nitrogen and oxygen atoms in total. The van der Waals surface area contributed by atoms with E-state index in [9.17, 15) is 9.59 Å². The largest absolute Gasteiger partial charge is 0.297 e. The molecule has 0 radical (unpaired) electrons. The van der Waals surface area contributed by atoms with Gasteiger partial charge in [0.05, 0.1) is 23.8 Å². The molecule has 1 aromatic carbocycles. The van der Waals surface area contributed by atoms with E-state index in [1.165, 1.54) is 10.9 Å². The number of rotatable bonds is 3. The zero-order valence-corrected chi connectivity index (χ0v) is 12.6. The van der Waals surface area contributed by atoms with Gasteiger partial charge in [-0.2, -0.15) is 0 Å². The van der Waals surface area contributed by atoms with Gasteiger partial charge in [0.15, 0.2) is 5.78 Å². The van der Waals surface area contributed by atoms with Gasteiger partial charge in [-0.15, -0.1) is 0 Å². The van der Waals surface area contributed by atoms with E-state index >= 15 is 0 Å². The average molecular weight is 335 g/mol. The lowest BCUT2D eigenvalue weighted by molar-refractivity contribution is -0.123. The molecule has 1 fully saturated rings. The highest BCUT2D eigenvalue weighted by atomic mass is 79.9. The number of carbonyl (C=O) groups excluding carboxylic acids is 1. The molecule has 0 atom stereocenters. The third kappa shape index (κ3) is 2.54. The topological polar surface area (TPSA) is 52.0 Å². The van der Waals surface area contributed by atoms with Crippen LogP contribution in [0.4, 0.5) is 0 Å². The lowest BCUT2D eigenvalue weighted by Crippen LogP contribution is -2.27. The van der Waals surface area contributed by atoms with E-state index < -0.39 is 0 Å². The van der Waals surface area contributed by atoms with Crippen LogP contribution in [-0.4, -0.2) is 15.3 Å². The molecule has 1 aromatic heterocycles. The molecule has 3 rings (SSSR count). The van der Waals surface area contributed by atoms with Crippen molar-refractivity contribution in [2.24, 2.45) is 5.92 Å². The molecule has 0 bridgehead atoms. The van der Waals surface area contributed by atoms with Gasteiger partial charge in [0.25, 0.3) is 5.56 Å². The molecular weight excluding hydrogens is 320 g/mol. The van der Waals surface area contributed by atoms with Crippen LogP contribution in [0.15, 0.2) is 33.8 Å². The van der Waals surface area contributed by atoms with Gasteiger partial charge < -0.3 is 0 Å². The van der Waals surface area contributed by atoms with Crippen LogP contribution in [0, 0.1) is 5.92 Å². The van der Waals surface area contributed by atoms with Crippen molar-refractivity contribution in [2.45, 2.75) is 32.2 Å². The monoisotopic (exact) mass is 334 g/mol. The number of carbonyl (C=O) groups is 1. The third-order valence-corrected chi connectivity index (χ3v) is 4.42. The molecule has 0 spiro atoms. The Balaban J connectivity index is 1.93. The maximum Gasteiger partial charge on any atom is 0.261 e. The first-order valence-corrected chi connectivity index (χ1v) is 7.62. The van der Waals surface area contributed by atoms with Gasteiger partial charge in [0.2, 0.25) is 0 Å². The zero-order chi connectivity index (χ0) is 14.1. The number of ketones is 1. The summed E-state index contributed by atoms with van der Waals surface area (Å²) in [6.07, 6.45) is 5.63. The molecule has 1 saturated carbocycles. The fraction of sp³-hybridized carbons (Fsp3) is 0.400. The van der Waals surface area contributed by atoms with Crippen LogP contribution in [-0.2, 0) is 11.3 Å². The highest BCUT2D eigenvalue weighted by Gasteiger charge is 2.23. The quantitative estimate of drug-likeness (QED) is 0.867. The fourth-order valence-electron chi connectivity index (χ4n) is 2.79. The summed E-state index contributed by atoms with van der Waals surface area (Å²) in [6, 6.07) is 5.40. The number of benzene rings is 1. The lowest BCUT2D eigenvalue weighted by Gasteiger charge is -2.10. The number of Topliss-reactive ketones (excluding diaryl/α,β-unsaturated/α-hetero) is 1. The first-order chi connectivity index (χ1) is 9.65. The van der Waals surface area contributed by atoms with Gasteiger partial charge in [-0.25, -0.2) is 4.98 Å². The minimum absolute atomic E-state index is 0.125. The van der Waals surface area contributed by atoms with Crippen LogP contribution in [0.3, 0.4) is 0 Å². The minimum atomic E-state index is -0.150. The summed E-state index contributed by atoms with van der Waals surface area (Å²) in [5.74, 6) is 0.279. The molecule has 1 aliphatic rings. The fourth-order valence-corrected chi connectivity index (χ4v) is 3.15. The molecule has 5 heteroatoms. The molecule has 20 heavy (non-hydrogen) atoms. The van der Waals surface area contributed by atoms with E-state index in [0.717, 1.165) is 30.2 Å². The van der Waals surface area contributed by atoms with Gasteiger partial charge in [-0.05, 0) is 31.0 Å². The molecular formula is C15H15BrN2O2. The summed E-state index contributed by atoms with van der Waals surface area (Å²) in [5.41, 5.74) is 0.505. The van der Waals surface area contributed by atoms with Crippen molar-refractivity contribution in [3.8, 4) is 0 Å². The maximum atomic E-state index is 12.4. The summed E-state index contributed by atoms with van der Waals surface area (Å²) in [4.78, 5) is 28.8. The SMILES string of the molecule is O=C(Cn1cnc2ccc(Br)cc2c1=O)C1CCCC1. The van der Waals surface area contributed by atoms with Crippen LogP contribution in [0.1, 0.15) is 25.7 Å². The van der Waals surface area contributed by atoms with Crippen LogP contribution < -0.4 is 5.56 Å². The normalized spacial score (nSPS) is 15.8. The van der Waals surface area contributed by atoms with E-state index in [4.69, 9.17) is 0 Å². The second kappa shape index (κ2) is 5.48. The van der Waals surface area contributed by atoms with Gasteiger partial charge in [0.1, 0.15) is 0 Å². The van der Waals surface area contributed by atoms with Crippen LogP contribution in [0.2, 0.25) is 0 Å². The molecule has 1 aliphatic carbocycles. The van der Waals surface area contributed by atoms with Gasteiger partial charge >= 0.3 is 0 Å². The first kappa shape index (κ1) is 13.5.